The van der Waals surface area contributed by atoms with Crippen LogP contribution in [-0.4, -0.2) is 51.8 Å². The number of aromatic nitrogens is 3. The van der Waals surface area contributed by atoms with E-state index >= 15 is 0 Å². The number of piperazine rings is 1. The lowest BCUT2D eigenvalue weighted by atomic mass is 10.2. The summed E-state index contributed by atoms with van der Waals surface area (Å²) in [6, 6.07) is 14.7. The number of hydrogen-bond acceptors (Lipinski definition) is 5. The van der Waals surface area contributed by atoms with Gasteiger partial charge in [0.2, 0.25) is 0 Å². The third-order valence-electron chi connectivity index (χ3n) is 5.24. The van der Waals surface area contributed by atoms with Gasteiger partial charge in [-0.3, -0.25) is 0 Å². The van der Waals surface area contributed by atoms with Crippen LogP contribution in [0.25, 0.3) is 0 Å². The smallest absolute Gasteiger partial charge is 0.194 e. The zero-order chi connectivity index (χ0) is 20.1. The minimum Gasteiger partial charge on any atom is -0.360 e. The van der Waals surface area contributed by atoms with E-state index < -0.39 is 0 Å². The van der Waals surface area contributed by atoms with Gasteiger partial charge in [-0.05, 0) is 30.0 Å². The molecule has 0 saturated carbocycles. The molecular formula is C21H27N7S. The second kappa shape index (κ2) is 9.09. The molecule has 0 aliphatic carbocycles. The lowest BCUT2D eigenvalue weighted by molar-refractivity contribution is 0.371. The quantitative estimate of drug-likeness (QED) is 0.519. The highest BCUT2D eigenvalue weighted by molar-refractivity contribution is 7.14. The molecule has 3 heterocycles. The first-order valence-corrected chi connectivity index (χ1v) is 10.8. The van der Waals surface area contributed by atoms with Gasteiger partial charge in [0.1, 0.15) is 5.82 Å². The van der Waals surface area contributed by atoms with E-state index in [1.165, 1.54) is 10.6 Å². The second-order valence-corrected chi connectivity index (χ2v) is 8.05. The van der Waals surface area contributed by atoms with Crippen molar-refractivity contribution < 1.29 is 0 Å². The molecular weight excluding hydrogens is 382 g/mol. The van der Waals surface area contributed by atoms with Crippen LogP contribution >= 0.6 is 11.3 Å². The van der Waals surface area contributed by atoms with Gasteiger partial charge in [-0.2, -0.15) is 0 Å². The predicted octanol–water partition coefficient (Wildman–Crippen LogP) is 2.65. The summed E-state index contributed by atoms with van der Waals surface area (Å²) < 4.78 is 2.01. The number of hydrogen-bond donors (Lipinski definition) is 1. The summed E-state index contributed by atoms with van der Waals surface area (Å²) in [5.74, 6) is 2.75. The van der Waals surface area contributed by atoms with Gasteiger partial charge in [-0.1, -0.05) is 30.3 Å². The van der Waals surface area contributed by atoms with Gasteiger partial charge < -0.3 is 19.7 Å². The predicted molar refractivity (Wildman–Crippen MR) is 118 cm³/mol. The first-order chi connectivity index (χ1) is 14.2. The highest BCUT2D eigenvalue weighted by Gasteiger charge is 2.21. The van der Waals surface area contributed by atoms with E-state index in [1.807, 2.05) is 24.6 Å². The Morgan fingerprint density at radius 3 is 2.52 bits per heavy atom. The average molecular weight is 410 g/mol. The summed E-state index contributed by atoms with van der Waals surface area (Å²) in [6.07, 6.45) is 0. The molecule has 0 spiro atoms. The lowest BCUT2D eigenvalue weighted by Gasteiger charge is -2.37. The number of benzene rings is 1. The molecule has 0 radical (unpaired) electrons. The summed E-state index contributed by atoms with van der Waals surface area (Å²) in [6.45, 7) is 7.10. The molecule has 7 nitrogen and oxygen atoms in total. The Bertz CT molecular complexity index is 925. The zero-order valence-electron chi connectivity index (χ0n) is 17.0. The molecule has 0 bridgehead atoms. The SMILES string of the molecule is Cc1nnc(CNC(=NCc2ccccc2)N2CCN(c3cccs3)CC2)n1C. The van der Waals surface area contributed by atoms with Crippen LogP contribution in [-0.2, 0) is 20.1 Å². The third-order valence-corrected chi connectivity index (χ3v) is 6.17. The molecule has 1 N–H and O–H groups in total. The number of aliphatic imine (C=N–C) groups is 1. The van der Waals surface area contributed by atoms with Gasteiger partial charge in [-0.25, -0.2) is 4.99 Å². The molecule has 8 heteroatoms. The van der Waals surface area contributed by atoms with Crippen LogP contribution in [0, 0.1) is 6.92 Å². The van der Waals surface area contributed by atoms with Gasteiger partial charge >= 0.3 is 0 Å². The summed E-state index contributed by atoms with van der Waals surface area (Å²) in [5.41, 5.74) is 1.21. The van der Waals surface area contributed by atoms with Crippen molar-refractivity contribution in [3.63, 3.8) is 0 Å². The molecule has 0 atom stereocenters. The maximum atomic E-state index is 4.92. The molecule has 1 aliphatic heterocycles. The molecule has 1 aromatic carbocycles. The van der Waals surface area contributed by atoms with Crippen molar-refractivity contribution in [2.75, 3.05) is 31.1 Å². The minimum atomic E-state index is 0.607. The number of anilines is 1. The number of nitrogens with zero attached hydrogens (tertiary/aromatic N) is 6. The fraction of sp³-hybridized carbons (Fsp3) is 0.381. The molecule has 29 heavy (non-hydrogen) atoms. The summed E-state index contributed by atoms with van der Waals surface area (Å²) in [7, 11) is 1.99. The molecule has 3 aromatic rings. The maximum absolute atomic E-state index is 4.92. The lowest BCUT2D eigenvalue weighted by Crippen LogP contribution is -2.52. The van der Waals surface area contributed by atoms with Crippen molar-refractivity contribution in [3.8, 4) is 0 Å². The van der Waals surface area contributed by atoms with Gasteiger partial charge in [0, 0.05) is 33.2 Å². The Morgan fingerprint density at radius 1 is 1.07 bits per heavy atom. The van der Waals surface area contributed by atoms with Crippen LogP contribution in [0.1, 0.15) is 17.2 Å². The molecule has 4 rings (SSSR count). The Balaban J connectivity index is 1.45. The number of aryl methyl sites for hydroxylation is 1. The molecule has 1 aliphatic rings. The molecule has 1 saturated heterocycles. The van der Waals surface area contributed by atoms with Crippen molar-refractivity contribution in [2.24, 2.45) is 12.0 Å². The second-order valence-electron chi connectivity index (χ2n) is 7.13. The van der Waals surface area contributed by atoms with Crippen molar-refractivity contribution in [1.29, 1.82) is 0 Å². The van der Waals surface area contributed by atoms with Crippen molar-refractivity contribution in [1.82, 2.24) is 25.0 Å². The fourth-order valence-corrected chi connectivity index (χ4v) is 4.15. The maximum Gasteiger partial charge on any atom is 0.194 e. The highest BCUT2D eigenvalue weighted by atomic mass is 32.1. The van der Waals surface area contributed by atoms with Gasteiger partial charge in [-0.15, -0.1) is 21.5 Å². The zero-order valence-corrected chi connectivity index (χ0v) is 17.8. The number of rotatable bonds is 5. The van der Waals surface area contributed by atoms with Gasteiger partial charge in [0.05, 0.1) is 18.1 Å². The Labute approximate surface area is 175 Å². The first-order valence-electron chi connectivity index (χ1n) is 9.91. The van der Waals surface area contributed by atoms with E-state index in [-0.39, 0.29) is 0 Å². The Morgan fingerprint density at radius 2 is 1.86 bits per heavy atom. The van der Waals surface area contributed by atoms with Crippen LogP contribution in [0.2, 0.25) is 0 Å². The van der Waals surface area contributed by atoms with E-state index in [9.17, 15) is 0 Å². The minimum absolute atomic E-state index is 0.607. The van der Waals surface area contributed by atoms with E-state index in [1.54, 1.807) is 11.3 Å². The fourth-order valence-electron chi connectivity index (χ4n) is 3.37. The molecule has 1 fully saturated rings. The van der Waals surface area contributed by atoms with Crippen LogP contribution in [0.15, 0.2) is 52.8 Å². The van der Waals surface area contributed by atoms with Crippen LogP contribution < -0.4 is 10.2 Å². The average Bonchev–Trinajstić information content (AvgIpc) is 3.41. The standard InChI is InChI=1S/C21H27N7S/c1-17-24-25-19(26(17)2)16-23-21(22-15-18-7-4-3-5-8-18)28-12-10-27(11-13-28)20-9-6-14-29-20/h3-9,14H,10-13,15-16H2,1-2H3,(H,22,23). The Kier molecular flexibility index (Phi) is 6.09. The molecule has 152 valence electrons. The van der Waals surface area contributed by atoms with E-state index in [4.69, 9.17) is 4.99 Å². The topological polar surface area (TPSA) is 61.6 Å². The number of thiophene rings is 1. The molecule has 2 aromatic heterocycles. The largest absolute Gasteiger partial charge is 0.360 e. The number of guanidine groups is 1. The van der Waals surface area contributed by atoms with Gasteiger partial charge in [0.25, 0.3) is 0 Å². The Hall–Kier alpha value is -2.87. The summed E-state index contributed by atoms with van der Waals surface area (Å²) >= 11 is 1.80. The first kappa shape index (κ1) is 19.4. The van der Waals surface area contributed by atoms with Crippen molar-refractivity contribution in [3.05, 3.63) is 65.1 Å². The highest BCUT2D eigenvalue weighted by Crippen LogP contribution is 2.22. The van der Waals surface area contributed by atoms with Crippen molar-refractivity contribution in [2.45, 2.75) is 20.0 Å². The normalized spacial score (nSPS) is 15.0. The summed E-state index contributed by atoms with van der Waals surface area (Å²) in [4.78, 5) is 9.71. The van der Waals surface area contributed by atoms with Crippen LogP contribution in [0.5, 0.6) is 0 Å². The van der Waals surface area contributed by atoms with E-state index in [0.29, 0.717) is 13.1 Å². The van der Waals surface area contributed by atoms with Crippen molar-refractivity contribution >= 4 is 22.3 Å². The van der Waals surface area contributed by atoms with Crippen LogP contribution in [0.3, 0.4) is 0 Å². The monoisotopic (exact) mass is 409 g/mol. The van der Waals surface area contributed by atoms with E-state index in [0.717, 1.165) is 43.8 Å². The number of nitrogens with one attached hydrogen (secondary N) is 1. The van der Waals surface area contributed by atoms with E-state index in [2.05, 4.69) is 67.1 Å². The third kappa shape index (κ3) is 4.76. The molecule has 0 unspecified atom stereocenters. The molecule has 0 amide bonds. The van der Waals surface area contributed by atoms with Crippen LogP contribution in [0.4, 0.5) is 5.00 Å². The van der Waals surface area contributed by atoms with Gasteiger partial charge in [0.15, 0.2) is 11.8 Å². The summed E-state index contributed by atoms with van der Waals surface area (Å²) in [5, 5.41) is 15.4.